The minimum atomic E-state index is -1.43. The summed E-state index contributed by atoms with van der Waals surface area (Å²) in [6.07, 6.45) is 0. The Kier molecular flexibility index (Phi) is 7.94. The molecule has 426 valence electrons. The number of hydrogen-bond donors (Lipinski definition) is 0. The SMILES string of the molecule is [2H]c1c([2H])c([2H])c(-c2c([2H])c([2H])c3c(c2[2H])N(c2c(-c4ccccc4)cccc2-c2ccccc2)c2cc(C)cc4c2B3c2c3c5c(c([2H])c2N4c2c(-c4ccccc4)cccc2-c2ccccc2)-n2c4c([2H])c([2H])c([2H])c([2H])c4c4c([2H])c([2H])c6c(c42)B5c2c(c([2H])c(-c4ccccc4)c([2H])c2O6)O3)c([2H])c1[2H]. The van der Waals surface area contributed by atoms with Gasteiger partial charge in [0.15, 0.2) is 0 Å². The molecule has 5 aliphatic heterocycles. The lowest BCUT2D eigenvalue weighted by atomic mass is 9.29. The van der Waals surface area contributed by atoms with Gasteiger partial charge in [-0.25, -0.2) is 0 Å². The van der Waals surface area contributed by atoms with Crippen LogP contribution in [0.4, 0.5) is 34.1 Å². The van der Waals surface area contributed by atoms with Crippen molar-refractivity contribution in [3.8, 4) is 95.4 Å². The maximum Gasteiger partial charge on any atom is 0.266 e. The van der Waals surface area contributed by atoms with Crippen molar-refractivity contribution in [3.05, 3.63) is 308 Å². The first-order valence-corrected chi connectivity index (χ1v) is 30.5. The maximum absolute atomic E-state index is 11.9. The minimum Gasteiger partial charge on any atom is -0.459 e. The molecular weight excluding hydrogens is 1120 g/mol. The van der Waals surface area contributed by atoms with Crippen molar-refractivity contribution in [3.63, 3.8) is 0 Å². The predicted molar refractivity (Wildman–Crippen MR) is 383 cm³/mol. The van der Waals surface area contributed by atoms with Gasteiger partial charge in [-0.15, -0.1) is 0 Å². The highest BCUT2D eigenvalue weighted by Gasteiger charge is 2.53. The molecule has 0 radical (unpaired) electrons. The number of aryl methyl sites for hydroxylation is 1. The number of benzene rings is 14. The van der Waals surface area contributed by atoms with Gasteiger partial charge in [-0.3, -0.25) is 0 Å². The van der Waals surface area contributed by atoms with E-state index in [0.29, 0.717) is 61.6 Å². The molecule has 0 bridgehead atoms. The van der Waals surface area contributed by atoms with Crippen LogP contribution in [0, 0.1) is 6.92 Å². The third-order valence-corrected chi connectivity index (χ3v) is 18.7. The average Bonchev–Trinajstić information content (AvgIpc) is 1.63. The van der Waals surface area contributed by atoms with E-state index in [2.05, 4.69) is 0 Å². The quantitative estimate of drug-likeness (QED) is 0.142. The lowest BCUT2D eigenvalue weighted by molar-refractivity contribution is 0.466. The van der Waals surface area contributed by atoms with Gasteiger partial charge in [0.25, 0.3) is 13.4 Å². The molecule has 6 heterocycles. The first kappa shape index (κ1) is 37.3. The van der Waals surface area contributed by atoms with Gasteiger partial charge in [0.1, 0.15) is 23.0 Å². The monoisotopic (exact) mass is 1190 g/mol. The molecule has 5 nitrogen and oxygen atoms in total. The molecule has 0 aliphatic carbocycles. The Labute approximate surface area is 558 Å². The zero-order valence-corrected chi connectivity index (χ0v) is 48.9. The van der Waals surface area contributed by atoms with Crippen LogP contribution >= 0.6 is 0 Å². The summed E-state index contributed by atoms with van der Waals surface area (Å²) in [4.78, 5) is 3.95. The third-order valence-electron chi connectivity index (χ3n) is 18.7. The van der Waals surface area contributed by atoms with Gasteiger partial charge in [0, 0.05) is 66.9 Å². The normalized spacial score (nSPS) is 15.7. The molecule has 92 heavy (non-hydrogen) atoms. The van der Waals surface area contributed by atoms with Crippen LogP contribution in [0.15, 0.2) is 303 Å². The van der Waals surface area contributed by atoms with Crippen LogP contribution in [0.3, 0.4) is 0 Å². The molecule has 7 heteroatoms. The van der Waals surface area contributed by atoms with Crippen molar-refractivity contribution in [1.82, 2.24) is 4.57 Å². The second-order valence-corrected chi connectivity index (χ2v) is 23.7. The van der Waals surface area contributed by atoms with Crippen LogP contribution in [0.5, 0.6) is 23.0 Å². The van der Waals surface area contributed by atoms with Crippen LogP contribution in [0.2, 0.25) is 0 Å². The molecule has 0 amide bonds. The van der Waals surface area contributed by atoms with Crippen LogP contribution < -0.4 is 52.1 Å². The highest BCUT2D eigenvalue weighted by atomic mass is 16.5. The first-order chi connectivity index (χ1) is 52.7. The van der Waals surface area contributed by atoms with Crippen molar-refractivity contribution in [2.75, 3.05) is 9.80 Å². The highest BCUT2D eigenvalue weighted by Crippen LogP contribution is 2.55. The molecule has 14 aromatic carbocycles. The minimum absolute atomic E-state index is 0.00785. The van der Waals surface area contributed by atoms with Crippen LogP contribution in [0.1, 0.15) is 28.9 Å². The first-order valence-electron chi connectivity index (χ1n) is 39.0. The van der Waals surface area contributed by atoms with Crippen molar-refractivity contribution in [2.24, 2.45) is 0 Å². The summed E-state index contributed by atoms with van der Waals surface area (Å²) >= 11 is 0. The summed E-state index contributed by atoms with van der Waals surface area (Å²) in [5.41, 5.74) is 9.18. The second kappa shape index (κ2) is 19.6. The molecule has 1 aromatic heterocycles. The molecule has 0 unspecified atom stereocenters. The van der Waals surface area contributed by atoms with Crippen molar-refractivity contribution in [2.45, 2.75) is 6.92 Å². The van der Waals surface area contributed by atoms with E-state index in [1.54, 1.807) is 34.9 Å². The highest BCUT2D eigenvalue weighted by molar-refractivity contribution is 7.04. The van der Waals surface area contributed by atoms with Crippen LogP contribution in [-0.4, -0.2) is 18.0 Å². The summed E-state index contributed by atoms with van der Waals surface area (Å²) < 4.78 is 187. The molecule has 15 aromatic rings. The fraction of sp³-hybridized carbons (Fsp3) is 0.0118. The van der Waals surface area contributed by atoms with E-state index in [4.69, 9.17) is 13.6 Å². The molecule has 0 spiro atoms. The summed E-state index contributed by atoms with van der Waals surface area (Å²) in [6.45, 7) is -0.770. The predicted octanol–water partition coefficient (Wildman–Crippen LogP) is 18.2. The number of para-hydroxylation sites is 3. The molecule has 20 rings (SSSR count). The number of fused-ring (bicyclic) bond motifs is 9. The van der Waals surface area contributed by atoms with Crippen molar-refractivity contribution >= 4 is 102 Å². The smallest absolute Gasteiger partial charge is 0.266 e. The zero-order chi connectivity index (χ0) is 75.1. The molecule has 0 N–H and O–H groups in total. The fourth-order valence-electron chi connectivity index (χ4n) is 15.0. The average molecular weight is 1190 g/mol. The Morgan fingerprint density at radius 3 is 1.45 bits per heavy atom. The van der Waals surface area contributed by atoms with E-state index < -0.39 is 109 Å². The fourth-order valence-corrected chi connectivity index (χ4v) is 15.0. The number of hydrogen-bond acceptors (Lipinski definition) is 4. The second-order valence-electron chi connectivity index (χ2n) is 23.7. The van der Waals surface area contributed by atoms with Gasteiger partial charge < -0.3 is 23.8 Å². The lowest BCUT2D eigenvalue weighted by Crippen LogP contribution is -2.66. The third kappa shape index (κ3) is 7.27. The summed E-state index contributed by atoms with van der Waals surface area (Å²) in [6, 6.07) is 54.5. The Balaban J connectivity index is 1.05. The maximum atomic E-state index is 11.9. The Hall–Kier alpha value is -11.8. The van der Waals surface area contributed by atoms with E-state index in [1.807, 2.05) is 187 Å². The van der Waals surface area contributed by atoms with Gasteiger partial charge in [-0.1, -0.05) is 248 Å². The summed E-state index contributed by atoms with van der Waals surface area (Å²) in [5.74, 6) is -0.379. The van der Waals surface area contributed by atoms with Gasteiger partial charge in [-0.05, 0) is 139 Å². The molecule has 0 fully saturated rings. The molecule has 0 saturated carbocycles. The van der Waals surface area contributed by atoms with E-state index in [9.17, 15) is 19.2 Å². The number of nitrogens with zero attached hydrogens (tertiary/aromatic N) is 3. The standard InChI is InChI=1S/C85H53B2N3O2/c1-52-46-70-77-71(47-52)90(83-63(57-32-16-6-17-33-57)39-23-40-64(83)58-34-18-7-19-35-58)72-51-73-79-85(92-76-50-60(54-26-10-3-11-27-54)49-75-80(76)87(79)81-74(91-75)45-43-66-65-36-20-21-41-68(65)88(73)84(66)81)78(72)86(77)67-44-42-59(53-24-8-2-9-25-53)48-69(67)89(70)82-61(55-28-12-4-13-29-55)37-22-38-62(82)56-30-14-5-15-31-56/h2-51H,1H3/i2D,8D,9D,20D,21D,24D,25D,36D,41D,42D,43D,44D,45D,48D,49D,50D,51D. The van der Waals surface area contributed by atoms with E-state index in [1.165, 1.54) is 0 Å². The van der Waals surface area contributed by atoms with E-state index >= 15 is 0 Å². The Bertz CT molecular complexity index is 6530. The summed E-state index contributed by atoms with van der Waals surface area (Å²) in [7, 11) is 0. The number of aromatic nitrogens is 1. The Morgan fingerprint density at radius 2 is 0.859 bits per heavy atom. The topological polar surface area (TPSA) is 29.9 Å². The molecule has 0 saturated heterocycles. The van der Waals surface area contributed by atoms with Crippen LogP contribution in [0.25, 0.3) is 94.3 Å². The van der Waals surface area contributed by atoms with Gasteiger partial charge >= 0.3 is 0 Å². The van der Waals surface area contributed by atoms with Crippen LogP contribution in [-0.2, 0) is 0 Å². The zero-order valence-electron chi connectivity index (χ0n) is 65.9. The molecule has 0 atom stereocenters. The largest absolute Gasteiger partial charge is 0.459 e. The lowest BCUT2D eigenvalue weighted by Gasteiger charge is -2.47. The van der Waals surface area contributed by atoms with Gasteiger partial charge in [-0.2, -0.15) is 0 Å². The number of anilines is 6. The molecule has 5 aliphatic rings. The van der Waals surface area contributed by atoms with Crippen molar-refractivity contribution in [1.29, 1.82) is 0 Å². The Morgan fingerprint density at radius 1 is 0.337 bits per heavy atom. The van der Waals surface area contributed by atoms with Gasteiger partial charge in [0.05, 0.1) is 45.7 Å². The molecular formula is C85H53B2N3O2. The number of ether oxygens (including phenoxy) is 2. The summed E-state index contributed by atoms with van der Waals surface area (Å²) in [5, 5.41) is -0.126. The van der Waals surface area contributed by atoms with E-state index in [0.717, 1.165) is 22.3 Å². The van der Waals surface area contributed by atoms with Crippen molar-refractivity contribution < 1.29 is 32.8 Å². The van der Waals surface area contributed by atoms with E-state index in [-0.39, 0.29) is 113 Å². The number of rotatable bonds is 8. The van der Waals surface area contributed by atoms with Gasteiger partial charge in [0.2, 0.25) is 0 Å².